The van der Waals surface area contributed by atoms with Crippen molar-refractivity contribution in [3.63, 3.8) is 0 Å². The first kappa shape index (κ1) is 21.8. The summed E-state index contributed by atoms with van der Waals surface area (Å²) >= 11 is 5.53. The van der Waals surface area contributed by atoms with E-state index in [1.807, 2.05) is 0 Å². The van der Waals surface area contributed by atoms with Gasteiger partial charge in [0.05, 0.1) is 11.4 Å². The standard InChI is InChI=1S/C19H18ClN3O6/c20-10-15(24)21-12-6-7-13(22-17(12)11-4-2-1-3-5-11)18(27)23-14(19(28)29)8-9-16(25)26/h1-7,14H,8-10H2,(H,21,24)(H,23,27)(H,25,26)(H,28,29)/t14-/m0/s1. The van der Waals surface area contributed by atoms with Gasteiger partial charge in [-0.1, -0.05) is 30.3 Å². The van der Waals surface area contributed by atoms with E-state index in [9.17, 15) is 24.3 Å². The van der Waals surface area contributed by atoms with E-state index in [2.05, 4.69) is 15.6 Å². The second kappa shape index (κ2) is 10.2. The highest BCUT2D eigenvalue weighted by Gasteiger charge is 2.23. The molecule has 4 N–H and O–H groups in total. The smallest absolute Gasteiger partial charge is 0.326 e. The average molecular weight is 420 g/mol. The summed E-state index contributed by atoms with van der Waals surface area (Å²) in [5.74, 6) is -4.03. The highest BCUT2D eigenvalue weighted by Crippen LogP contribution is 2.26. The Labute approximate surface area is 170 Å². The monoisotopic (exact) mass is 419 g/mol. The van der Waals surface area contributed by atoms with Crippen LogP contribution in [0.25, 0.3) is 11.3 Å². The minimum absolute atomic E-state index is 0.0886. The summed E-state index contributed by atoms with van der Waals surface area (Å²) in [6, 6.07) is 10.2. The maximum atomic E-state index is 12.5. The molecular formula is C19H18ClN3O6. The van der Waals surface area contributed by atoms with E-state index >= 15 is 0 Å². The lowest BCUT2D eigenvalue weighted by Gasteiger charge is -2.15. The van der Waals surface area contributed by atoms with Crippen LogP contribution in [0.4, 0.5) is 5.69 Å². The number of benzene rings is 1. The molecule has 29 heavy (non-hydrogen) atoms. The van der Waals surface area contributed by atoms with Crippen molar-refractivity contribution in [2.45, 2.75) is 18.9 Å². The number of alkyl halides is 1. The SMILES string of the molecule is O=C(O)CC[C@H](NC(=O)c1ccc(NC(=O)CCl)c(-c2ccccc2)n1)C(=O)O. The molecule has 0 unspecified atom stereocenters. The number of hydrogen-bond donors (Lipinski definition) is 4. The number of nitrogens with zero attached hydrogens (tertiary/aromatic N) is 1. The molecule has 0 radical (unpaired) electrons. The van der Waals surface area contributed by atoms with Gasteiger partial charge in [0.2, 0.25) is 5.91 Å². The normalized spacial score (nSPS) is 11.3. The highest BCUT2D eigenvalue weighted by atomic mass is 35.5. The number of carboxylic acids is 2. The van der Waals surface area contributed by atoms with Crippen LogP contribution in [0.15, 0.2) is 42.5 Å². The van der Waals surface area contributed by atoms with Crippen molar-refractivity contribution in [3.05, 3.63) is 48.2 Å². The van der Waals surface area contributed by atoms with Crippen molar-refractivity contribution in [2.75, 3.05) is 11.2 Å². The molecule has 0 aliphatic heterocycles. The lowest BCUT2D eigenvalue weighted by molar-refractivity contribution is -0.140. The largest absolute Gasteiger partial charge is 0.481 e. The van der Waals surface area contributed by atoms with Crippen LogP contribution in [0, 0.1) is 0 Å². The van der Waals surface area contributed by atoms with E-state index in [0.717, 1.165) is 0 Å². The van der Waals surface area contributed by atoms with Crippen LogP contribution in [0.1, 0.15) is 23.3 Å². The van der Waals surface area contributed by atoms with Crippen molar-refractivity contribution < 1.29 is 29.4 Å². The molecule has 2 amide bonds. The third-order valence-corrected chi connectivity index (χ3v) is 4.06. The van der Waals surface area contributed by atoms with Gasteiger partial charge in [-0.2, -0.15) is 0 Å². The predicted molar refractivity (Wildman–Crippen MR) is 105 cm³/mol. The third kappa shape index (κ3) is 6.28. The van der Waals surface area contributed by atoms with Crippen LogP contribution < -0.4 is 10.6 Å². The van der Waals surface area contributed by atoms with Gasteiger partial charge in [-0.15, -0.1) is 11.6 Å². The summed E-state index contributed by atoms with van der Waals surface area (Å²) in [5, 5.41) is 22.8. The average Bonchev–Trinajstić information content (AvgIpc) is 2.71. The first-order valence-electron chi connectivity index (χ1n) is 8.49. The zero-order chi connectivity index (χ0) is 21.4. The van der Waals surface area contributed by atoms with Crippen molar-refractivity contribution in [3.8, 4) is 11.3 Å². The predicted octanol–water partition coefficient (Wildman–Crippen LogP) is 1.97. The Morgan fingerprint density at radius 1 is 1.03 bits per heavy atom. The molecule has 0 bridgehead atoms. The molecule has 2 rings (SSSR count). The van der Waals surface area contributed by atoms with Gasteiger partial charge in [0.15, 0.2) is 0 Å². The van der Waals surface area contributed by atoms with E-state index < -0.39 is 36.2 Å². The number of carboxylic acid groups (broad SMARTS) is 2. The van der Waals surface area contributed by atoms with E-state index in [1.165, 1.54) is 12.1 Å². The molecule has 0 aliphatic carbocycles. The molecule has 1 aromatic carbocycles. The van der Waals surface area contributed by atoms with Gasteiger partial charge in [0.1, 0.15) is 17.6 Å². The number of hydrogen-bond acceptors (Lipinski definition) is 5. The maximum absolute atomic E-state index is 12.5. The maximum Gasteiger partial charge on any atom is 0.326 e. The number of halogens is 1. The quantitative estimate of drug-likeness (QED) is 0.454. The summed E-state index contributed by atoms with van der Waals surface area (Å²) in [6.45, 7) is 0. The number of nitrogens with one attached hydrogen (secondary N) is 2. The number of carbonyl (C=O) groups excluding carboxylic acids is 2. The Morgan fingerprint density at radius 3 is 2.31 bits per heavy atom. The number of amides is 2. The fraction of sp³-hybridized carbons (Fsp3) is 0.211. The molecule has 0 spiro atoms. The molecule has 0 aliphatic rings. The van der Waals surface area contributed by atoms with Gasteiger partial charge in [0.25, 0.3) is 5.91 Å². The molecule has 0 saturated heterocycles. The molecule has 9 nitrogen and oxygen atoms in total. The van der Waals surface area contributed by atoms with Crippen LogP contribution in [0.5, 0.6) is 0 Å². The fourth-order valence-electron chi connectivity index (χ4n) is 2.44. The number of carbonyl (C=O) groups is 4. The van der Waals surface area contributed by atoms with Gasteiger partial charge < -0.3 is 20.8 Å². The molecule has 0 saturated carbocycles. The van der Waals surface area contributed by atoms with E-state index in [-0.39, 0.29) is 18.0 Å². The van der Waals surface area contributed by atoms with E-state index in [4.69, 9.17) is 16.7 Å². The van der Waals surface area contributed by atoms with Gasteiger partial charge in [0, 0.05) is 12.0 Å². The van der Waals surface area contributed by atoms with Crippen LogP contribution in [0.2, 0.25) is 0 Å². The number of rotatable bonds is 9. The van der Waals surface area contributed by atoms with Crippen molar-refractivity contribution in [1.29, 1.82) is 0 Å². The second-order valence-corrected chi connectivity index (χ2v) is 6.20. The third-order valence-electron chi connectivity index (χ3n) is 3.82. The van der Waals surface area contributed by atoms with Crippen LogP contribution >= 0.6 is 11.6 Å². The lowest BCUT2D eigenvalue weighted by atomic mass is 10.1. The number of aromatic nitrogens is 1. The zero-order valence-electron chi connectivity index (χ0n) is 15.1. The lowest BCUT2D eigenvalue weighted by Crippen LogP contribution is -2.41. The molecular weight excluding hydrogens is 402 g/mol. The number of pyridine rings is 1. The minimum atomic E-state index is -1.38. The van der Waals surface area contributed by atoms with Gasteiger partial charge in [-0.25, -0.2) is 9.78 Å². The topological polar surface area (TPSA) is 146 Å². The Bertz CT molecular complexity index is 919. The van der Waals surface area contributed by atoms with Gasteiger partial charge in [-0.05, 0) is 18.6 Å². The van der Waals surface area contributed by atoms with Crippen molar-refractivity contribution in [2.24, 2.45) is 0 Å². The van der Waals surface area contributed by atoms with Crippen LogP contribution in [-0.4, -0.2) is 50.9 Å². The minimum Gasteiger partial charge on any atom is -0.481 e. The molecule has 1 atom stereocenters. The second-order valence-electron chi connectivity index (χ2n) is 5.94. The van der Waals surface area contributed by atoms with Gasteiger partial charge in [-0.3, -0.25) is 14.4 Å². The number of anilines is 1. The summed E-state index contributed by atoms with van der Waals surface area (Å²) in [7, 11) is 0. The molecule has 2 aromatic rings. The summed E-state index contributed by atoms with van der Waals surface area (Å²) in [6.07, 6.45) is -0.685. The molecule has 0 fully saturated rings. The summed E-state index contributed by atoms with van der Waals surface area (Å²) in [5.41, 5.74) is 1.16. The number of aliphatic carboxylic acids is 2. The van der Waals surface area contributed by atoms with Crippen LogP contribution in [0.3, 0.4) is 0 Å². The molecule has 1 heterocycles. The fourth-order valence-corrected chi connectivity index (χ4v) is 2.51. The molecule has 10 heteroatoms. The Morgan fingerprint density at radius 2 is 1.72 bits per heavy atom. The zero-order valence-corrected chi connectivity index (χ0v) is 15.8. The van der Waals surface area contributed by atoms with Crippen LogP contribution in [-0.2, 0) is 14.4 Å². The van der Waals surface area contributed by atoms with E-state index in [1.54, 1.807) is 30.3 Å². The Balaban J connectivity index is 2.32. The first-order chi connectivity index (χ1) is 13.8. The summed E-state index contributed by atoms with van der Waals surface area (Å²) in [4.78, 5) is 50.4. The summed E-state index contributed by atoms with van der Waals surface area (Å²) < 4.78 is 0. The van der Waals surface area contributed by atoms with Crippen molar-refractivity contribution in [1.82, 2.24) is 10.3 Å². The first-order valence-corrected chi connectivity index (χ1v) is 9.03. The van der Waals surface area contributed by atoms with Crippen molar-refractivity contribution >= 4 is 41.0 Å². The van der Waals surface area contributed by atoms with E-state index in [0.29, 0.717) is 16.9 Å². The Kier molecular flexibility index (Phi) is 7.67. The van der Waals surface area contributed by atoms with Gasteiger partial charge >= 0.3 is 11.9 Å². The molecule has 152 valence electrons. The molecule has 1 aromatic heterocycles. The Hall–Kier alpha value is -3.46. The highest BCUT2D eigenvalue weighted by molar-refractivity contribution is 6.29.